The van der Waals surface area contributed by atoms with Crippen LogP contribution >= 0.6 is 0 Å². The number of hydrogen-bond acceptors (Lipinski definition) is 5. The summed E-state index contributed by atoms with van der Waals surface area (Å²) in [5, 5.41) is 11.4. The third kappa shape index (κ3) is 3.53. The minimum atomic E-state index is -0.190. The van der Waals surface area contributed by atoms with Crippen LogP contribution in [0.3, 0.4) is 0 Å². The van der Waals surface area contributed by atoms with Crippen LogP contribution in [0.25, 0.3) is 6.08 Å². The molecule has 0 saturated carbocycles. The Bertz CT molecular complexity index is 911. The molecule has 6 nitrogen and oxygen atoms in total. The zero-order valence-corrected chi connectivity index (χ0v) is 16.5. The molecular formula is C23H26N4O2. The number of anilines is 1. The third-order valence-corrected chi connectivity index (χ3v) is 6.46. The third-order valence-electron chi connectivity index (χ3n) is 6.46. The molecule has 3 heterocycles. The van der Waals surface area contributed by atoms with Crippen molar-refractivity contribution in [2.45, 2.75) is 37.2 Å². The fourth-order valence-corrected chi connectivity index (χ4v) is 4.72. The molecule has 0 bridgehead atoms. The summed E-state index contributed by atoms with van der Waals surface area (Å²) in [7, 11) is 0. The summed E-state index contributed by atoms with van der Waals surface area (Å²) in [5.41, 5.74) is 3.30. The molecule has 0 radical (unpaired) electrons. The minimum absolute atomic E-state index is 0.127. The van der Waals surface area contributed by atoms with E-state index in [1.54, 1.807) is 6.07 Å². The Morgan fingerprint density at radius 2 is 2.03 bits per heavy atom. The number of nitrogens with one attached hydrogen (secondary N) is 1. The average molecular weight is 390 g/mol. The van der Waals surface area contributed by atoms with Gasteiger partial charge < -0.3 is 15.0 Å². The summed E-state index contributed by atoms with van der Waals surface area (Å²) in [6, 6.07) is 12.4. The van der Waals surface area contributed by atoms with Crippen LogP contribution in [0.1, 0.15) is 47.3 Å². The van der Waals surface area contributed by atoms with Gasteiger partial charge in [-0.3, -0.25) is 4.79 Å². The zero-order valence-electron chi connectivity index (χ0n) is 16.5. The lowest BCUT2D eigenvalue weighted by molar-refractivity contribution is 0.0853. The maximum atomic E-state index is 12.3. The molecule has 150 valence electrons. The molecule has 6 heteroatoms. The number of allylic oxidation sites excluding steroid dienone is 1. The highest BCUT2D eigenvalue weighted by Crippen LogP contribution is 2.43. The number of amides is 1. The van der Waals surface area contributed by atoms with Gasteiger partial charge in [-0.05, 0) is 48.9 Å². The fraction of sp³-hybridized carbons (Fsp3) is 0.435. The molecule has 2 aromatic rings. The van der Waals surface area contributed by atoms with Crippen LogP contribution < -0.4 is 10.2 Å². The number of carbonyl (C=O) groups is 1. The van der Waals surface area contributed by atoms with Gasteiger partial charge >= 0.3 is 0 Å². The van der Waals surface area contributed by atoms with E-state index in [1.807, 2.05) is 6.07 Å². The number of carbonyl (C=O) groups excluding carboxylic acids is 1. The Balaban J connectivity index is 1.20. The molecule has 1 amide bonds. The Morgan fingerprint density at radius 3 is 2.79 bits per heavy atom. The van der Waals surface area contributed by atoms with Crippen LogP contribution in [0.15, 0.2) is 42.5 Å². The molecule has 2 aliphatic heterocycles. The lowest BCUT2D eigenvalue weighted by Gasteiger charge is -2.39. The Morgan fingerprint density at radius 1 is 1.17 bits per heavy atom. The van der Waals surface area contributed by atoms with E-state index in [4.69, 9.17) is 4.74 Å². The second kappa shape index (κ2) is 7.59. The van der Waals surface area contributed by atoms with Crippen molar-refractivity contribution in [3.63, 3.8) is 0 Å². The van der Waals surface area contributed by atoms with E-state index in [0.717, 1.165) is 51.2 Å². The van der Waals surface area contributed by atoms with Crippen molar-refractivity contribution in [1.29, 1.82) is 0 Å². The molecule has 29 heavy (non-hydrogen) atoms. The molecule has 3 aliphatic rings. The predicted molar refractivity (Wildman–Crippen MR) is 112 cm³/mol. The van der Waals surface area contributed by atoms with Gasteiger partial charge in [0.2, 0.25) is 0 Å². The topological polar surface area (TPSA) is 67.3 Å². The first-order chi connectivity index (χ1) is 14.2. The minimum Gasteiger partial charge on any atom is -0.376 e. The number of fused-ring (bicyclic) bond motifs is 2. The molecule has 1 aromatic carbocycles. The summed E-state index contributed by atoms with van der Waals surface area (Å²) < 4.78 is 5.54. The summed E-state index contributed by atoms with van der Waals surface area (Å²) in [6.45, 7) is 3.18. The fourth-order valence-electron chi connectivity index (χ4n) is 4.72. The van der Waals surface area contributed by atoms with E-state index in [9.17, 15) is 4.79 Å². The van der Waals surface area contributed by atoms with Crippen molar-refractivity contribution in [1.82, 2.24) is 15.5 Å². The Labute approximate surface area is 171 Å². The largest absolute Gasteiger partial charge is 0.376 e. The normalized spacial score (nSPS) is 22.1. The Hall–Kier alpha value is -2.73. The lowest BCUT2D eigenvalue weighted by Crippen LogP contribution is -2.41. The van der Waals surface area contributed by atoms with Gasteiger partial charge in [-0.25, -0.2) is 0 Å². The van der Waals surface area contributed by atoms with Crippen LogP contribution in [0.4, 0.5) is 5.82 Å². The quantitative estimate of drug-likeness (QED) is 0.869. The van der Waals surface area contributed by atoms with E-state index in [1.165, 1.54) is 11.1 Å². The lowest BCUT2D eigenvalue weighted by atomic mass is 9.74. The molecule has 1 N–H and O–H groups in total. The molecule has 1 aliphatic carbocycles. The number of aromatic nitrogens is 2. The smallest absolute Gasteiger partial charge is 0.271 e. The standard InChI is InChI=1S/C23H26N4O2/c28-22(24-16-18-5-3-15-29-18)20-7-8-21(26-25-20)27-13-11-23(12-14-27)10-9-17-4-1-2-6-19(17)23/h1-2,4,6-10,18H,3,5,11-16H2,(H,24,28). The number of ether oxygens (including phenoxy) is 1. The first kappa shape index (κ1) is 18.3. The molecule has 5 rings (SSSR count). The summed E-state index contributed by atoms with van der Waals surface area (Å²) in [4.78, 5) is 14.6. The first-order valence-electron chi connectivity index (χ1n) is 10.5. The van der Waals surface area contributed by atoms with Gasteiger partial charge in [-0.2, -0.15) is 0 Å². The predicted octanol–water partition coefficient (Wildman–Crippen LogP) is 2.95. The molecule has 1 spiro atoms. The average Bonchev–Trinajstić information content (AvgIpc) is 3.42. The van der Waals surface area contributed by atoms with Crippen LogP contribution in [-0.2, 0) is 10.2 Å². The van der Waals surface area contributed by atoms with Crippen molar-refractivity contribution in [3.8, 4) is 0 Å². The number of benzene rings is 1. The maximum absolute atomic E-state index is 12.3. The molecule has 2 fully saturated rings. The van der Waals surface area contributed by atoms with Crippen LogP contribution in [0.2, 0.25) is 0 Å². The van der Waals surface area contributed by atoms with Crippen LogP contribution in [0, 0.1) is 0 Å². The second-order valence-electron chi connectivity index (χ2n) is 8.19. The summed E-state index contributed by atoms with van der Waals surface area (Å²) in [6.07, 6.45) is 8.95. The van der Waals surface area contributed by atoms with Gasteiger partial charge in [-0.1, -0.05) is 36.4 Å². The van der Waals surface area contributed by atoms with Gasteiger partial charge in [0.15, 0.2) is 11.5 Å². The van der Waals surface area contributed by atoms with E-state index in [0.29, 0.717) is 12.2 Å². The SMILES string of the molecule is O=C(NCC1CCCO1)c1ccc(N2CCC3(C=Cc4ccccc43)CC2)nn1. The van der Waals surface area contributed by atoms with Crippen molar-refractivity contribution in [3.05, 3.63) is 59.3 Å². The summed E-state index contributed by atoms with van der Waals surface area (Å²) in [5.74, 6) is 0.649. The highest BCUT2D eigenvalue weighted by atomic mass is 16.5. The summed E-state index contributed by atoms with van der Waals surface area (Å²) >= 11 is 0. The van der Waals surface area contributed by atoms with Gasteiger partial charge in [-0.15, -0.1) is 10.2 Å². The maximum Gasteiger partial charge on any atom is 0.271 e. The van der Waals surface area contributed by atoms with Crippen molar-refractivity contribution >= 4 is 17.8 Å². The molecule has 1 aromatic heterocycles. The highest BCUT2D eigenvalue weighted by molar-refractivity contribution is 5.92. The molecular weight excluding hydrogens is 364 g/mol. The number of piperidine rings is 1. The van der Waals surface area contributed by atoms with Crippen molar-refractivity contribution in [2.24, 2.45) is 0 Å². The van der Waals surface area contributed by atoms with Crippen molar-refractivity contribution < 1.29 is 9.53 Å². The molecule has 2 saturated heterocycles. The van der Waals surface area contributed by atoms with Gasteiger partial charge in [0, 0.05) is 31.7 Å². The Kier molecular flexibility index (Phi) is 4.79. The van der Waals surface area contributed by atoms with Crippen LogP contribution in [-0.4, -0.2) is 48.4 Å². The second-order valence-corrected chi connectivity index (χ2v) is 8.19. The van der Waals surface area contributed by atoms with E-state index >= 15 is 0 Å². The number of rotatable bonds is 4. The van der Waals surface area contributed by atoms with Gasteiger partial charge in [0.25, 0.3) is 5.91 Å². The highest BCUT2D eigenvalue weighted by Gasteiger charge is 2.38. The van der Waals surface area contributed by atoms with Gasteiger partial charge in [0.1, 0.15) is 0 Å². The number of hydrogen-bond donors (Lipinski definition) is 1. The van der Waals surface area contributed by atoms with E-state index < -0.39 is 0 Å². The van der Waals surface area contributed by atoms with E-state index in [-0.39, 0.29) is 17.4 Å². The van der Waals surface area contributed by atoms with Gasteiger partial charge in [0.05, 0.1) is 6.10 Å². The number of nitrogens with zero attached hydrogens (tertiary/aromatic N) is 3. The first-order valence-corrected chi connectivity index (χ1v) is 10.5. The zero-order chi connectivity index (χ0) is 19.7. The molecule has 1 atom stereocenters. The van der Waals surface area contributed by atoms with Crippen LogP contribution in [0.5, 0.6) is 0 Å². The van der Waals surface area contributed by atoms with E-state index in [2.05, 4.69) is 56.8 Å². The van der Waals surface area contributed by atoms with Crippen molar-refractivity contribution in [2.75, 3.05) is 31.1 Å². The monoisotopic (exact) mass is 390 g/mol. The molecule has 1 unspecified atom stereocenters.